The number of benzene rings is 3. The number of ether oxygens (including phenoxy) is 9. The standard InChI is InChI=1S/C20H22FIN2O5.C20H23FN2O5.C17H12FIN2O6.C12H18N2O3/c1-20(2,3)29-19(26)17-14(15(22)9-24-18(17)23-4)10-28-16(25)11-27-13-7-5-12(21)6-8-13;1-20(2,3)28-19(25)17-13(9-10-23-18(17)22-4)11-27-16(24)12-26-15-7-5-14(21)6-8-15;1-21-15-14(16(23)27-17(21)24)11(12(19)6-20-15)7-26-13(22)8-25-10-4-2-9(18)3-5-10;1-12(2,3)17-11(16)9-8(7-15)5-6-14-10(9)13-4/h5-9H,10-11H2,1-4H3,(H,23,24);5-10H,11-12H2,1-4H3,(H,22,23);2-6H,7-8H2,1H3;5-6,15H,7H2,1-4H3,(H,13,14). The topological polar surface area (TPSA) is 346 Å². The number of hydrogen-bond acceptors (Lipinski definition) is 26. The number of nitrogens with one attached hydrogen (secondary N) is 3. The summed E-state index contributed by atoms with van der Waals surface area (Å²) in [6.45, 7) is 14.1. The number of aliphatic hydroxyl groups is 1. The van der Waals surface area contributed by atoms with Gasteiger partial charge in [0.1, 0.15) is 111 Å². The molecule has 0 fully saturated rings. The summed E-state index contributed by atoms with van der Waals surface area (Å²) >= 11 is 3.95. The third-order valence-corrected chi connectivity index (χ3v) is 14.5. The molecule has 0 aliphatic heterocycles. The van der Waals surface area contributed by atoms with Crippen molar-refractivity contribution < 1.29 is 94.1 Å². The summed E-state index contributed by atoms with van der Waals surface area (Å²) in [7, 11) is 6.34. The van der Waals surface area contributed by atoms with Gasteiger partial charge in [0.25, 0.3) is 0 Å². The van der Waals surface area contributed by atoms with E-state index >= 15 is 0 Å². The number of carbonyl (C=O) groups is 6. The lowest BCUT2D eigenvalue weighted by Gasteiger charge is -2.22. The number of nitrogens with zero attached hydrogens (tertiary/aromatic N) is 5. The molecular weight excluding hydrogens is 1560 g/mol. The summed E-state index contributed by atoms with van der Waals surface area (Å²) in [5.41, 5.74) is -0.184. The second-order valence-electron chi connectivity index (χ2n) is 23.8. The number of hydrogen-bond donors (Lipinski definition) is 4. The number of anilines is 3. The predicted molar refractivity (Wildman–Crippen MR) is 379 cm³/mol. The van der Waals surface area contributed by atoms with Gasteiger partial charge in [0, 0.05) is 76.8 Å². The van der Waals surface area contributed by atoms with Crippen LogP contribution in [0.1, 0.15) is 116 Å². The van der Waals surface area contributed by atoms with E-state index in [2.05, 4.69) is 40.3 Å². The summed E-state index contributed by atoms with van der Waals surface area (Å²) in [5, 5.41) is 17.8. The van der Waals surface area contributed by atoms with Crippen LogP contribution in [0, 0.1) is 24.6 Å². The number of halogens is 5. The summed E-state index contributed by atoms with van der Waals surface area (Å²) in [4.78, 5) is 113. The number of aliphatic hydroxyl groups excluding tert-OH is 1. The van der Waals surface area contributed by atoms with Gasteiger partial charge >= 0.3 is 47.2 Å². The van der Waals surface area contributed by atoms with E-state index in [0.717, 1.165) is 4.57 Å². The van der Waals surface area contributed by atoms with Crippen molar-refractivity contribution in [1.82, 2.24) is 24.5 Å². The van der Waals surface area contributed by atoms with Crippen molar-refractivity contribution in [1.29, 1.82) is 0 Å². The monoisotopic (exact) mass is 1630 g/mol. The molecule has 540 valence electrons. The Bertz CT molecular complexity index is 4290. The maximum absolute atomic E-state index is 12.9. The molecule has 8 aromatic rings. The van der Waals surface area contributed by atoms with E-state index in [-0.39, 0.29) is 67.4 Å². The molecule has 0 aliphatic rings. The molecule has 0 saturated heterocycles. The molecule has 0 bridgehead atoms. The molecule has 4 N–H and O–H groups in total. The van der Waals surface area contributed by atoms with Crippen LogP contribution in [0.3, 0.4) is 0 Å². The number of aromatic nitrogens is 5. The van der Waals surface area contributed by atoms with E-state index < -0.39 is 88.1 Å². The first-order valence-corrected chi connectivity index (χ1v) is 32.5. The summed E-state index contributed by atoms with van der Waals surface area (Å²) in [5.74, 6) is -3.59. The van der Waals surface area contributed by atoms with Gasteiger partial charge in [-0.05, 0) is 198 Å². The number of rotatable bonds is 22. The van der Waals surface area contributed by atoms with Crippen molar-refractivity contribution in [3.8, 4) is 17.2 Å². The average molecular weight is 1630 g/mol. The first kappa shape index (κ1) is 81.7. The zero-order chi connectivity index (χ0) is 74.9. The number of carbonyl (C=O) groups excluding carboxylic acids is 6. The van der Waals surface area contributed by atoms with E-state index in [4.69, 9.17) is 42.6 Å². The van der Waals surface area contributed by atoms with E-state index in [1.54, 1.807) is 102 Å². The molecule has 0 saturated carbocycles. The van der Waals surface area contributed by atoms with Crippen LogP contribution in [0.15, 0.2) is 124 Å². The lowest BCUT2D eigenvalue weighted by molar-refractivity contribution is -0.148. The fourth-order valence-corrected chi connectivity index (χ4v) is 9.30. The van der Waals surface area contributed by atoms with E-state index in [1.165, 1.54) is 98.4 Å². The maximum Gasteiger partial charge on any atom is 0.423 e. The summed E-state index contributed by atoms with van der Waals surface area (Å²) in [6.07, 6.45) is 6.06. The van der Waals surface area contributed by atoms with E-state index in [1.807, 2.05) is 45.2 Å². The Kier molecular flexibility index (Phi) is 30.7. The van der Waals surface area contributed by atoms with Crippen LogP contribution in [0.4, 0.5) is 30.6 Å². The van der Waals surface area contributed by atoms with Gasteiger partial charge in [0.15, 0.2) is 25.5 Å². The lowest BCUT2D eigenvalue weighted by Crippen LogP contribution is -2.26. The Balaban J connectivity index is 0.000000246. The average Bonchev–Trinajstić information content (AvgIpc) is 0.768. The third kappa shape index (κ3) is 26.2. The highest BCUT2D eigenvalue weighted by Crippen LogP contribution is 2.28. The van der Waals surface area contributed by atoms with Crippen LogP contribution < -0.4 is 41.5 Å². The highest BCUT2D eigenvalue weighted by Gasteiger charge is 2.29. The van der Waals surface area contributed by atoms with Crippen LogP contribution in [0.25, 0.3) is 11.0 Å². The van der Waals surface area contributed by atoms with Gasteiger partial charge in [-0.3, -0.25) is 4.57 Å². The van der Waals surface area contributed by atoms with Crippen LogP contribution >= 0.6 is 45.2 Å². The first-order valence-electron chi connectivity index (χ1n) is 30.3. The molecule has 0 unspecified atom stereocenters. The zero-order valence-electron chi connectivity index (χ0n) is 57.3. The molecule has 5 aromatic heterocycles. The van der Waals surface area contributed by atoms with Gasteiger partial charge in [0.05, 0.1) is 6.61 Å². The molecule has 32 heteroatoms. The summed E-state index contributed by atoms with van der Waals surface area (Å²) in [6, 6.07) is 18.9. The van der Waals surface area contributed by atoms with Crippen molar-refractivity contribution in [3.05, 3.63) is 194 Å². The number of fused-ring (bicyclic) bond motifs is 1. The minimum atomic E-state index is -0.854. The Morgan fingerprint density at radius 3 is 1.24 bits per heavy atom. The molecule has 101 heavy (non-hydrogen) atoms. The van der Waals surface area contributed by atoms with Gasteiger partial charge in [-0.2, -0.15) is 0 Å². The van der Waals surface area contributed by atoms with E-state index in [9.17, 15) is 56.6 Å². The van der Waals surface area contributed by atoms with Crippen LogP contribution in [-0.4, -0.2) is 123 Å². The van der Waals surface area contributed by atoms with Crippen LogP contribution in [0.5, 0.6) is 17.2 Å². The third-order valence-electron chi connectivity index (χ3n) is 12.6. The fraction of sp³-hybridized carbons (Fsp3) is 0.333. The van der Waals surface area contributed by atoms with Crippen molar-refractivity contribution >= 4 is 109 Å². The van der Waals surface area contributed by atoms with Gasteiger partial charge in [0.2, 0.25) is 0 Å². The SMILES string of the molecule is CNc1ncc(I)c(COC(=O)COc2ccc(F)cc2)c1C(=O)OC(C)(C)C.CNc1nccc(CO)c1C(=O)OC(C)(C)C.CNc1nccc(COC(=O)COc2ccc(F)cc2)c1C(=O)OC(C)(C)C.Cn1c(=O)oc(=O)c2c(COC(=O)COc3ccc(F)cc3)c(I)cnc21. The van der Waals surface area contributed by atoms with Crippen molar-refractivity contribution in [3.63, 3.8) is 0 Å². The Morgan fingerprint density at radius 1 is 0.495 bits per heavy atom. The van der Waals surface area contributed by atoms with Crippen molar-refractivity contribution in [2.24, 2.45) is 7.05 Å². The van der Waals surface area contributed by atoms with E-state index in [0.29, 0.717) is 64.1 Å². The molecule has 5 heterocycles. The Morgan fingerprint density at radius 2 is 0.842 bits per heavy atom. The van der Waals surface area contributed by atoms with Gasteiger partial charge < -0.3 is 68.1 Å². The minimum Gasteiger partial charge on any atom is -0.482 e. The molecule has 3 aromatic carbocycles. The second kappa shape index (κ2) is 38.0. The highest BCUT2D eigenvalue weighted by atomic mass is 127. The van der Waals surface area contributed by atoms with Crippen molar-refractivity contribution in [2.75, 3.05) is 56.9 Å². The molecule has 0 amide bonds. The molecule has 0 radical (unpaired) electrons. The largest absolute Gasteiger partial charge is 0.482 e. The summed E-state index contributed by atoms with van der Waals surface area (Å²) < 4.78 is 93.1. The van der Waals surface area contributed by atoms with Gasteiger partial charge in [-0.15, -0.1) is 0 Å². The van der Waals surface area contributed by atoms with Gasteiger partial charge in [-0.1, -0.05) is 0 Å². The molecular formula is C69H75F3I2N8O19. The molecule has 27 nitrogen and oxygen atoms in total. The fourth-order valence-electron chi connectivity index (χ4n) is 8.17. The first-order chi connectivity index (χ1) is 47.5. The molecule has 0 atom stereocenters. The smallest absolute Gasteiger partial charge is 0.423 e. The normalized spacial score (nSPS) is 10.9. The molecule has 8 rings (SSSR count). The quantitative estimate of drug-likeness (QED) is 0.0278. The predicted octanol–water partition coefficient (Wildman–Crippen LogP) is 10.6. The second-order valence-corrected chi connectivity index (χ2v) is 26.1. The Labute approximate surface area is 605 Å². The lowest BCUT2D eigenvalue weighted by atomic mass is 10.1. The highest BCUT2D eigenvalue weighted by molar-refractivity contribution is 14.1. The van der Waals surface area contributed by atoms with Crippen LogP contribution in [-0.2, 0) is 76.3 Å². The minimum absolute atomic E-state index is 0.0660. The maximum atomic E-state index is 12.9. The zero-order valence-corrected chi connectivity index (χ0v) is 61.6. The number of pyridine rings is 4. The Hall–Kier alpha value is -9.97. The van der Waals surface area contributed by atoms with Gasteiger partial charge in [-0.25, -0.2) is 71.5 Å². The van der Waals surface area contributed by atoms with Crippen molar-refractivity contribution in [2.45, 2.75) is 106 Å². The number of esters is 6. The number of aryl methyl sites for hydroxylation is 1. The molecule has 0 spiro atoms. The van der Waals surface area contributed by atoms with Crippen LogP contribution in [0.2, 0.25) is 0 Å². The molecule has 0 aliphatic carbocycles.